The highest BCUT2D eigenvalue weighted by atomic mass is 79.9. The molecule has 16 heavy (non-hydrogen) atoms. The van der Waals surface area contributed by atoms with E-state index in [9.17, 15) is 0 Å². The average molecular weight is 316 g/mol. The molecule has 2 rings (SSSR count). The summed E-state index contributed by atoms with van der Waals surface area (Å²) in [6.07, 6.45) is 0. The van der Waals surface area contributed by atoms with Gasteiger partial charge in [0.2, 0.25) is 0 Å². The highest BCUT2D eigenvalue weighted by Crippen LogP contribution is 2.28. The summed E-state index contributed by atoms with van der Waals surface area (Å²) >= 11 is 7.09. The Morgan fingerprint density at radius 3 is 2.50 bits per heavy atom. The fourth-order valence-corrected chi connectivity index (χ4v) is 3.84. The molecule has 1 N–H and O–H groups in total. The van der Waals surface area contributed by atoms with Gasteiger partial charge in [-0.25, -0.2) is 0 Å². The third kappa shape index (κ3) is 2.94. The lowest BCUT2D eigenvalue weighted by molar-refractivity contribution is 0.505. The standard InChI is InChI=1S/C12H14BrNS2/c1-8(11-4-3-5-15-11)14-9(2)12-6-10(13)7-16-12/h3-9,14H,1-2H3. The lowest BCUT2D eigenvalue weighted by Crippen LogP contribution is -2.20. The van der Waals surface area contributed by atoms with Crippen LogP contribution in [-0.4, -0.2) is 0 Å². The molecule has 2 aromatic heterocycles. The third-order valence-electron chi connectivity index (χ3n) is 2.48. The Balaban J connectivity index is 2.00. The van der Waals surface area contributed by atoms with Gasteiger partial charge in [-0.1, -0.05) is 6.07 Å². The van der Waals surface area contributed by atoms with Crippen LogP contribution in [0.4, 0.5) is 0 Å². The van der Waals surface area contributed by atoms with Crippen molar-refractivity contribution < 1.29 is 0 Å². The molecule has 0 amide bonds. The van der Waals surface area contributed by atoms with Gasteiger partial charge in [0, 0.05) is 31.7 Å². The second-order valence-corrected chi connectivity index (χ2v) is 6.63. The van der Waals surface area contributed by atoms with E-state index in [2.05, 4.69) is 64.1 Å². The van der Waals surface area contributed by atoms with Crippen LogP contribution in [0.15, 0.2) is 33.4 Å². The van der Waals surface area contributed by atoms with E-state index in [1.165, 1.54) is 14.2 Å². The van der Waals surface area contributed by atoms with Crippen LogP contribution in [0.25, 0.3) is 0 Å². The molecule has 0 saturated carbocycles. The summed E-state index contributed by atoms with van der Waals surface area (Å²) < 4.78 is 1.17. The number of halogens is 1. The summed E-state index contributed by atoms with van der Waals surface area (Å²) in [7, 11) is 0. The van der Waals surface area contributed by atoms with Crippen LogP contribution in [0.5, 0.6) is 0 Å². The molecule has 0 fully saturated rings. The van der Waals surface area contributed by atoms with Crippen molar-refractivity contribution in [3.63, 3.8) is 0 Å². The smallest absolute Gasteiger partial charge is 0.0391 e. The minimum Gasteiger partial charge on any atom is -0.302 e. The fraction of sp³-hybridized carbons (Fsp3) is 0.333. The summed E-state index contributed by atoms with van der Waals surface area (Å²) in [4.78, 5) is 2.76. The Hall–Kier alpha value is -0.160. The van der Waals surface area contributed by atoms with E-state index in [4.69, 9.17) is 0 Å². The van der Waals surface area contributed by atoms with Gasteiger partial charge in [0.25, 0.3) is 0 Å². The number of thiophene rings is 2. The first-order valence-corrected chi connectivity index (χ1v) is 7.75. The zero-order valence-electron chi connectivity index (χ0n) is 9.24. The molecule has 0 radical (unpaired) electrons. The van der Waals surface area contributed by atoms with E-state index in [-0.39, 0.29) is 0 Å². The molecule has 0 saturated heterocycles. The molecule has 4 heteroatoms. The van der Waals surface area contributed by atoms with Gasteiger partial charge in [-0.2, -0.15) is 0 Å². The van der Waals surface area contributed by atoms with E-state index in [0.717, 1.165) is 0 Å². The molecule has 0 aromatic carbocycles. The van der Waals surface area contributed by atoms with Gasteiger partial charge in [-0.15, -0.1) is 22.7 Å². The maximum absolute atomic E-state index is 3.61. The van der Waals surface area contributed by atoms with Crippen LogP contribution >= 0.6 is 38.6 Å². The maximum atomic E-state index is 3.61. The molecule has 0 aliphatic carbocycles. The van der Waals surface area contributed by atoms with Crippen molar-refractivity contribution >= 4 is 38.6 Å². The minimum atomic E-state index is 0.397. The fourth-order valence-electron chi connectivity index (χ4n) is 1.63. The van der Waals surface area contributed by atoms with Crippen LogP contribution < -0.4 is 5.32 Å². The molecule has 2 unspecified atom stereocenters. The Kier molecular flexibility index (Phi) is 4.19. The normalized spacial score (nSPS) is 14.9. The van der Waals surface area contributed by atoms with Gasteiger partial charge >= 0.3 is 0 Å². The highest BCUT2D eigenvalue weighted by molar-refractivity contribution is 9.10. The van der Waals surface area contributed by atoms with Crippen molar-refractivity contribution in [2.45, 2.75) is 25.9 Å². The molecule has 2 aromatic rings. The molecule has 86 valence electrons. The first-order chi connectivity index (χ1) is 7.66. The number of hydrogen-bond acceptors (Lipinski definition) is 3. The molecular weight excluding hydrogens is 302 g/mol. The largest absolute Gasteiger partial charge is 0.302 e. The molecule has 0 spiro atoms. The third-order valence-corrected chi connectivity index (χ3v) is 5.42. The van der Waals surface area contributed by atoms with Crippen molar-refractivity contribution in [1.29, 1.82) is 0 Å². The molecule has 0 bridgehead atoms. The monoisotopic (exact) mass is 315 g/mol. The summed E-state index contributed by atoms with van der Waals surface area (Å²) in [6, 6.07) is 7.28. The van der Waals surface area contributed by atoms with Gasteiger partial charge in [-0.3, -0.25) is 0 Å². The van der Waals surface area contributed by atoms with E-state index in [1.807, 2.05) is 0 Å². The van der Waals surface area contributed by atoms with Gasteiger partial charge in [-0.05, 0) is 47.3 Å². The van der Waals surface area contributed by atoms with Crippen LogP contribution in [0.2, 0.25) is 0 Å². The average Bonchev–Trinajstić information content (AvgIpc) is 2.87. The zero-order chi connectivity index (χ0) is 11.5. The van der Waals surface area contributed by atoms with Crippen LogP contribution in [-0.2, 0) is 0 Å². The summed E-state index contributed by atoms with van der Waals surface area (Å²) in [6.45, 7) is 4.42. The van der Waals surface area contributed by atoms with Crippen molar-refractivity contribution in [1.82, 2.24) is 5.32 Å². The molecule has 2 heterocycles. The highest BCUT2D eigenvalue weighted by Gasteiger charge is 2.13. The maximum Gasteiger partial charge on any atom is 0.0391 e. The van der Waals surface area contributed by atoms with Gasteiger partial charge in [0.15, 0.2) is 0 Å². The van der Waals surface area contributed by atoms with E-state index < -0.39 is 0 Å². The van der Waals surface area contributed by atoms with Crippen LogP contribution in [0.3, 0.4) is 0 Å². The van der Waals surface area contributed by atoms with Gasteiger partial charge < -0.3 is 5.32 Å². The summed E-state index contributed by atoms with van der Waals surface area (Å²) in [5.74, 6) is 0. The predicted molar refractivity (Wildman–Crippen MR) is 76.3 cm³/mol. The van der Waals surface area contributed by atoms with Crippen molar-refractivity contribution in [3.8, 4) is 0 Å². The van der Waals surface area contributed by atoms with Crippen molar-refractivity contribution in [2.24, 2.45) is 0 Å². The lowest BCUT2D eigenvalue weighted by atomic mass is 10.2. The Bertz CT molecular complexity index is 436. The Morgan fingerprint density at radius 1 is 1.19 bits per heavy atom. The lowest BCUT2D eigenvalue weighted by Gasteiger charge is -2.17. The quantitative estimate of drug-likeness (QED) is 0.838. The molecule has 0 aliphatic rings. The van der Waals surface area contributed by atoms with Crippen LogP contribution in [0.1, 0.15) is 35.7 Å². The van der Waals surface area contributed by atoms with E-state index in [1.54, 1.807) is 22.7 Å². The topological polar surface area (TPSA) is 12.0 Å². The second kappa shape index (κ2) is 5.45. The molecular formula is C12H14BrNS2. The van der Waals surface area contributed by atoms with E-state index >= 15 is 0 Å². The van der Waals surface area contributed by atoms with Crippen LogP contribution in [0, 0.1) is 0 Å². The molecule has 0 aliphatic heterocycles. The summed E-state index contributed by atoms with van der Waals surface area (Å²) in [5, 5.41) is 7.87. The second-order valence-electron chi connectivity index (χ2n) is 3.79. The minimum absolute atomic E-state index is 0.397. The number of hydrogen-bond donors (Lipinski definition) is 1. The first kappa shape index (κ1) is 12.3. The zero-order valence-corrected chi connectivity index (χ0v) is 12.5. The Labute approximate surface area is 113 Å². The first-order valence-electron chi connectivity index (χ1n) is 5.20. The molecule has 1 nitrogen and oxygen atoms in total. The van der Waals surface area contributed by atoms with E-state index in [0.29, 0.717) is 12.1 Å². The molecule has 2 atom stereocenters. The number of nitrogens with one attached hydrogen (secondary N) is 1. The summed E-state index contributed by atoms with van der Waals surface area (Å²) in [5.41, 5.74) is 0. The van der Waals surface area contributed by atoms with Crippen molar-refractivity contribution in [3.05, 3.63) is 43.2 Å². The van der Waals surface area contributed by atoms with Gasteiger partial charge in [0.05, 0.1) is 0 Å². The Morgan fingerprint density at radius 2 is 1.94 bits per heavy atom. The van der Waals surface area contributed by atoms with Gasteiger partial charge in [0.1, 0.15) is 0 Å². The number of rotatable bonds is 4. The predicted octanol–water partition coefficient (Wildman–Crippen LogP) is 4.98. The van der Waals surface area contributed by atoms with Crippen molar-refractivity contribution in [2.75, 3.05) is 0 Å². The SMILES string of the molecule is CC(NC(C)c1cc(Br)cs1)c1cccs1.